The van der Waals surface area contributed by atoms with Crippen LogP contribution in [0.3, 0.4) is 0 Å². The van der Waals surface area contributed by atoms with Crippen LogP contribution in [0.2, 0.25) is 5.02 Å². The van der Waals surface area contributed by atoms with Gasteiger partial charge in [0.05, 0.1) is 10.5 Å². The molecule has 1 aliphatic carbocycles. The van der Waals surface area contributed by atoms with Gasteiger partial charge in [-0.15, -0.1) is 0 Å². The molecule has 0 bridgehead atoms. The van der Waals surface area contributed by atoms with E-state index in [1.54, 1.807) is 12.1 Å². The molecular formula is C10H10ClNO3. The van der Waals surface area contributed by atoms with Gasteiger partial charge in [-0.05, 0) is 24.5 Å². The molecule has 15 heavy (non-hydrogen) atoms. The first kappa shape index (κ1) is 10.4. The Morgan fingerprint density at radius 1 is 1.53 bits per heavy atom. The number of nitro groups is 1. The van der Waals surface area contributed by atoms with Crippen molar-refractivity contribution in [2.24, 2.45) is 0 Å². The maximum absolute atomic E-state index is 10.5. The quantitative estimate of drug-likeness (QED) is 0.637. The van der Waals surface area contributed by atoms with Gasteiger partial charge in [0, 0.05) is 12.5 Å². The van der Waals surface area contributed by atoms with E-state index in [1.165, 1.54) is 6.07 Å². The second-order valence-electron chi connectivity index (χ2n) is 3.94. The minimum atomic E-state index is -0.598. The zero-order valence-corrected chi connectivity index (χ0v) is 8.70. The fourth-order valence-electron chi connectivity index (χ4n) is 1.51. The summed E-state index contributed by atoms with van der Waals surface area (Å²) in [5.74, 6) is 0. The van der Waals surface area contributed by atoms with E-state index in [-0.39, 0.29) is 10.7 Å². The van der Waals surface area contributed by atoms with E-state index in [1.807, 2.05) is 0 Å². The molecule has 0 saturated heterocycles. The zero-order chi connectivity index (χ0) is 11.1. The fraction of sp³-hybridized carbons (Fsp3) is 0.400. The average Bonchev–Trinajstić information content (AvgIpc) is 2.82. The first-order chi connectivity index (χ1) is 7.00. The van der Waals surface area contributed by atoms with E-state index < -0.39 is 10.5 Å². The summed E-state index contributed by atoms with van der Waals surface area (Å²) in [4.78, 5) is 9.99. The second-order valence-corrected chi connectivity index (χ2v) is 4.35. The number of benzene rings is 1. The fourth-order valence-corrected chi connectivity index (χ4v) is 1.78. The second kappa shape index (κ2) is 3.47. The van der Waals surface area contributed by atoms with Crippen molar-refractivity contribution in [3.63, 3.8) is 0 Å². The van der Waals surface area contributed by atoms with Crippen molar-refractivity contribution >= 4 is 17.3 Å². The molecule has 1 aromatic rings. The molecule has 1 saturated carbocycles. The molecule has 1 N–H and O–H groups in total. The summed E-state index contributed by atoms with van der Waals surface area (Å²) in [5.41, 5.74) is 0.147. The smallest absolute Gasteiger partial charge is 0.287 e. The highest BCUT2D eigenvalue weighted by Crippen LogP contribution is 2.39. The molecule has 0 atom stereocenters. The number of rotatable bonds is 3. The van der Waals surface area contributed by atoms with Gasteiger partial charge in [-0.3, -0.25) is 10.1 Å². The lowest BCUT2D eigenvalue weighted by atomic mass is 10.1. The Balaban J connectivity index is 2.21. The number of nitro benzene ring substituents is 1. The molecule has 0 aromatic heterocycles. The van der Waals surface area contributed by atoms with Crippen molar-refractivity contribution in [1.82, 2.24) is 0 Å². The molecule has 0 unspecified atom stereocenters. The summed E-state index contributed by atoms with van der Waals surface area (Å²) < 4.78 is 0. The van der Waals surface area contributed by atoms with Crippen LogP contribution in [0, 0.1) is 10.1 Å². The van der Waals surface area contributed by atoms with Gasteiger partial charge in [0.1, 0.15) is 5.02 Å². The minimum Gasteiger partial charge on any atom is -0.390 e. The molecule has 0 amide bonds. The Morgan fingerprint density at radius 3 is 2.67 bits per heavy atom. The Kier molecular flexibility index (Phi) is 2.40. The highest BCUT2D eigenvalue weighted by atomic mass is 35.5. The lowest BCUT2D eigenvalue weighted by Gasteiger charge is -2.07. The summed E-state index contributed by atoms with van der Waals surface area (Å²) in [6.07, 6.45) is 2.11. The van der Waals surface area contributed by atoms with Crippen LogP contribution in [0.25, 0.3) is 0 Å². The van der Waals surface area contributed by atoms with E-state index in [0.717, 1.165) is 18.4 Å². The minimum absolute atomic E-state index is 0.0943. The van der Waals surface area contributed by atoms with Gasteiger partial charge >= 0.3 is 0 Å². The molecular weight excluding hydrogens is 218 g/mol. The zero-order valence-electron chi connectivity index (χ0n) is 7.94. The Morgan fingerprint density at radius 2 is 2.20 bits per heavy atom. The van der Waals surface area contributed by atoms with Crippen molar-refractivity contribution in [2.45, 2.75) is 24.9 Å². The molecule has 1 aliphatic rings. The number of aliphatic hydroxyl groups is 1. The van der Waals surface area contributed by atoms with Crippen LogP contribution in [0.5, 0.6) is 0 Å². The predicted octanol–water partition coefficient (Wildman–Crippen LogP) is 2.32. The van der Waals surface area contributed by atoms with Crippen molar-refractivity contribution in [3.05, 3.63) is 38.9 Å². The summed E-state index contributed by atoms with van der Waals surface area (Å²) in [5, 5.41) is 20.3. The molecule has 4 nitrogen and oxygen atoms in total. The summed E-state index contributed by atoms with van der Waals surface area (Å²) in [6, 6.07) is 4.57. The van der Waals surface area contributed by atoms with Gasteiger partial charge in [-0.1, -0.05) is 17.7 Å². The Hall–Kier alpha value is -1.13. The van der Waals surface area contributed by atoms with E-state index in [0.29, 0.717) is 6.42 Å². The third-order valence-electron chi connectivity index (χ3n) is 2.57. The van der Waals surface area contributed by atoms with E-state index in [4.69, 9.17) is 11.6 Å². The van der Waals surface area contributed by atoms with Crippen LogP contribution in [-0.2, 0) is 6.42 Å². The highest BCUT2D eigenvalue weighted by molar-refractivity contribution is 6.32. The summed E-state index contributed by atoms with van der Waals surface area (Å²) in [7, 11) is 0. The van der Waals surface area contributed by atoms with Crippen LogP contribution in [0.15, 0.2) is 18.2 Å². The van der Waals surface area contributed by atoms with Crippen LogP contribution in [-0.4, -0.2) is 15.6 Å². The summed E-state index contributed by atoms with van der Waals surface area (Å²) >= 11 is 5.75. The molecule has 2 rings (SSSR count). The SMILES string of the molecule is O=[N+]([O-])c1ccc(CC2(O)CC2)cc1Cl. The van der Waals surface area contributed by atoms with Crippen LogP contribution < -0.4 is 0 Å². The van der Waals surface area contributed by atoms with Crippen molar-refractivity contribution < 1.29 is 10.0 Å². The molecule has 0 radical (unpaired) electrons. The third kappa shape index (κ3) is 2.27. The summed E-state index contributed by atoms with van der Waals surface area (Å²) in [6.45, 7) is 0. The molecule has 1 fully saturated rings. The number of nitrogens with zero attached hydrogens (tertiary/aromatic N) is 1. The maximum atomic E-state index is 10.5. The molecule has 80 valence electrons. The van der Waals surface area contributed by atoms with E-state index in [2.05, 4.69) is 0 Å². The van der Waals surface area contributed by atoms with Gasteiger partial charge in [0.25, 0.3) is 5.69 Å². The first-order valence-electron chi connectivity index (χ1n) is 4.65. The molecule has 5 heteroatoms. The average molecular weight is 228 g/mol. The molecule has 1 aromatic carbocycles. The van der Waals surface area contributed by atoms with Gasteiger partial charge < -0.3 is 5.11 Å². The lowest BCUT2D eigenvalue weighted by Crippen LogP contribution is -2.10. The van der Waals surface area contributed by atoms with Gasteiger partial charge in [-0.25, -0.2) is 0 Å². The Bertz CT molecular complexity index is 415. The molecule has 0 spiro atoms. The predicted molar refractivity (Wildman–Crippen MR) is 56.0 cm³/mol. The third-order valence-corrected chi connectivity index (χ3v) is 2.87. The number of hydrogen-bond donors (Lipinski definition) is 1. The van der Waals surface area contributed by atoms with Gasteiger partial charge in [-0.2, -0.15) is 0 Å². The monoisotopic (exact) mass is 227 g/mol. The molecule has 0 aliphatic heterocycles. The van der Waals surface area contributed by atoms with Crippen LogP contribution in [0.1, 0.15) is 18.4 Å². The first-order valence-corrected chi connectivity index (χ1v) is 5.03. The lowest BCUT2D eigenvalue weighted by molar-refractivity contribution is -0.384. The molecule has 0 heterocycles. The largest absolute Gasteiger partial charge is 0.390 e. The van der Waals surface area contributed by atoms with E-state index >= 15 is 0 Å². The van der Waals surface area contributed by atoms with Crippen molar-refractivity contribution in [3.8, 4) is 0 Å². The van der Waals surface area contributed by atoms with Crippen LogP contribution >= 0.6 is 11.6 Å². The van der Waals surface area contributed by atoms with Crippen LogP contribution in [0.4, 0.5) is 5.69 Å². The van der Waals surface area contributed by atoms with E-state index in [9.17, 15) is 15.2 Å². The normalized spacial score (nSPS) is 17.5. The van der Waals surface area contributed by atoms with Crippen molar-refractivity contribution in [1.29, 1.82) is 0 Å². The topological polar surface area (TPSA) is 63.4 Å². The standard InChI is InChI=1S/C10H10ClNO3/c11-8-5-7(6-10(13)3-4-10)1-2-9(8)12(14)15/h1-2,5,13H,3-4,6H2. The number of halogens is 1. The Labute approximate surface area is 91.6 Å². The van der Waals surface area contributed by atoms with Gasteiger partial charge in [0.2, 0.25) is 0 Å². The van der Waals surface area contributed by atoms with Crippen molar-refractivity contribution in [2.75, 3.05) is 0 Å². The maximum Gasteiger partial charge on any atom is 0.287 e. The van der Waals surface area contributed by atoms with Gasteiger partial charge in [0.15, 0.2) is 0 Å². The highest BCUT2D eigenvalue weighted by Gasteiger charge is 2.40. The number of hydrogen-bond acceptors (Lipinski definition) is 3.